The van der Waals surface area contributed by atoms with E-state index in [2.05, 4.69) is 5.32 Å². The summed E-state index contributed by atoms with van der Waals surface area (Å²) < 4.78 is 29.5. The normalized spacial score (nSPS) is 29.1. The standard InChI is InChI=1S/C21H26N2O6S/c1-14(20(26)22-15-7-11-30(27,28)13-15)23-10-9-21(8-6-19(23)25)12-17(24)16-4-2-3-5-18(16)29-21/h2-5,14-15H,6-13H2,1H3,(H,22,26)/t14-,15-,21-/m1/s1. The van der Waals surface area contributed by atoms with Crippen LogP contribution in [0.1, 0.15) is 49.4 Å². The van der Waals surface area contributed by atoms with Gasteiger partial charge < -0.3 is 15.0 Å². The van der Waals surface area contributed by atoms with Crippen molar-refractivity contribution < 1.29 is 27.5 Å². The molecule has 8 nitrogen and oxygen atoms in total. The number of carbonyl (C=O) groups excluding carboxylic acids is 3. The smallest absolute Gasteiger partial charge is 0.242 e. The van der Waals surface area contributed by atoms with Gasteiger partial charge in [0.25, 0.3) is 0 Å². The van der Waals surface area contributed by atoms with E-state index in [1.165, 1.54) is 4.90 Å². The highest BCUT2D eigenvalue weighted by molar-refractivity contribution is 7.91. The summed E-state index contributed by atoms with van der Waals surface area (Å²) in [7, 11) is -3.10. The van der Waals surface area contributed by atoms with E-state index in [1.54, 1.807) is 25.1 Å². The van der Waals surface area contributed by atoms with Crippen molar-refractivity contribution in [2.45, 2.75) is 56.7 Å². The first-order chi connectivity index (χ1) is 14.2. The Kier molecular flexibility index (Phi) is 5.34. The summed E-state index contributed by atoms with van der Waals surface area (Å²) in [5.74, 6) is 0.0482. The fourth-order valence-electron chi connectivity index (χ4n) is 4.56. The second-order valence-corrected chi connectivity index (χ2v) is 10.7. The largest absolute Gasteiger partial charge is 0.486 e. The van der Waals surface area contributed by atoms with Gasteiger partial charge in [-0.15, -0.1) is 0 Å². The van der Waals surface area contributed by atoms with E-state index in [9.17, 15) is 22.8 Å². The van der Waals surface area contributed by atoms with Crippen molar-refractivity contribution in [2.24, 2.45) is 0 Å². The van der Waals surface area contributed by atoms with Gasteiger partial charge in [-0.1, -0.05) is 12.1 Å². The molecule has 3 heterocycles. The number of amides is 2. The number of nitrogens with one attached hydrogen (secondary N) is 1. The first kappa shape index (κ1) is 20.8. The van der Waals surface area contributed by atoms with Crippen molar-refractivity contribution in [3.8, 4) is 5.75 Å². The van der Waals surface area contributed by atoms with Crippen LogP contribution in [0.3, 0.4) is 0 Å². The molecule has 1 N–H and O–H groups in total. The van der Waals surface area contributed by atoms with E-state index in [-0.39, 0.29) is 41.9 Å². The monoisotopic (exact) mass is 434 g/mol. The van der Waals surface area contributed by atoms with Gasteiger partial charge in [-0.3, -0.25) is 14.4 Å². The first-order valence-electron chi connectivity index (χ1n) is 10.3. The van der Waals surface area contributed by atoms with Crippen LogP contribution >= 0.6 is 0 Å². The molecular formula is C21H26N2O6S. The molecule has 0 saturated carbocycles. The van der Waals surface area contributed by atoms with Crippen LogP contribution in [-0.4, -0.2) is 66.7 Å². The summed E-state index contributed by atoms with van der Waals surface area (Å²) in [6, 6.07) is 6.00. The van der Waals surface area contributed by atoms with Gasteiger partial charge in [0.05, 0.1) is 23.5 Å². The minimum Gasteiger partial charge on any atom is -0.486 e. The Morgan fingerprint density at radius 2 is 2.03 bits per heavy atom. The summed E-state index contributed by atoms with van der Waals surface area (Å²) in [5.41, 5.74) is -0.180. The molecule has 1 spiro atoms. The predicted octanol–water partition coefficient (Wildman–Crippen LogP) is 1.09. The molecule has 9 heteroatoms. The Labute approximate surface area is 175 Å². The van der Waals surface area contributed by atoms with Crippen LogP contribution in [0.2, 0.25) is 0 Å². The summed E-state index contributed by atoms with van der Waals surface area (Å²) in [6.07, 6.45) is 1.66. The zero-order valence-corrected chi connectivity index (χ0v) is 17.7. The van der Waals surface area contributed by atoms with Crippen molar-refractivity contribution in [1.29, 1.82) is 0 Å². The molecule has 1 aromatic carbocycles. The molecule has 0 unspecified atom stereocenters. The fourth-order valence-corrected chi connectivity index (χ4v) is 6.23. The third-order valence-corrected chi connectivity index (χ3v) is 8.11. The molecule has 30 heavy (non-hydrogen) atoms. The number of ether oxygens (including phenoxy) is 1. The molecule has 3 aliphatic rings. The quantitative estimate of drug-likeness (QED) is 0.763. The molecule has 0 radical (unpaired) electrons. The Morgan fingerprint density at radius 1 is 1.27 bits per heavy atom. The second-order valence-electron chi connectivity index (χ2n) is 8.50. The van der Waals surface area contributed by atoms with Gasteiger partial charge in [-0.05, 0) is 31.9 Å². The first-order valence-corrected chi connectivity index (χ1v) is 12.1. The second kappa shape index (κ2) is 7.68. The number of rotatable bonds is 3. The molecule has 0 aliphatic carbocycles. The van der Waals surface area contributed by atoms with Gasteiger partial charge in [-0.2, -0.15) is 0 Å². The van der Waals surface area contributed by atoms with E-state index < -0.39 is 27.5 Å². The lowest BCUT2D eigenvalue weighted by atomic mass is 9.84. The summed E-state index contributed by atoms with van der Waals surface area (Å²) >= 11 is 0. The average Bonchev–Trinajstić information content (AvgIpc) is 2.96. The lowest BCUT2D eigenvalue weighted by molar-refractivity contribution is -0.139. The highest BCUT2D eigenvalue weighted by Gasteiger charge is 2.44. The van der Waals surface area contributed by atoms with Crippen molar-refractivity contribution in [1.82, 2.24) is 10.2 Å². The molecule has 0 bridgehead atoms. The number of hydrogen-bond acceptors (Lipinski definition) is 6. The molecule has 0 aromatic heterocycles. The third-order valence-electron chi connectivity index (χ3n) is 6.35. The highest BCUT2D eigenvalue weighted by Crippen LogP contribution is 2.39. The van der Waals surface area contributed by atoms with Crippen LogP contribution in [0.4, 0.5) is 0 Å². The van der Waals surface area contributed by atoms with Gasteiger partial charge in [0.1, 0.15) is 17.4 Å². The van der Waals surface area contributed by atoms with Crippen LogP contribution in [0.25, 0.3) is 0 Å². The lowest BCUT2D eigenvalue weighted by Crippen LogP contribution is -2.51. The van der Waals surface area contributed by atoms with E-state index >= 15 is 0 Å². The zero-order chi connectivity index (χ0) is 21.5. The van der Waals surface area contributed by atoms with Crippen LogP contribution in [0.15, 0.2) is 24.3 Å². The number of carbonyl (C=O) groups is 3. The Bertz CT molecular complexity index is 991. The van der Waals surface area contributed by atoms with Gasteiger partial charge in [0.15, 0.2) is 15.6 Å². The fraction of sp³-hybridized carbons (Fsp3) is 0.571. The van der Waals surface area contributed by atoms with Crippen molar-refractivity contribution >= 4 is 27.4 Å². The molecule has 1 aromatic rings. The van der Waals surface area contributed by atoms with Crippen LogP contribution in [-0.2, 0) is 19.4 Å². The number of fused-ring (bicyclic) bond motifs is 1. The van der Waals surface area contributed by atoms with Gasteiger partial charge in [0, 0.05) is 25.4 Å². The van der Waals surface area contributed by atoms with E-state index in [4.69, 9.17) is 4.74 Å². The van der Waals surface area contributed by atoms with Gasteiger partial charge in [-0.25, -0.2) is 8.42 Å². The maximum atomic E-state index is 12.8. The number of Topliss-reactive ketones (excluding diaryl/α,β-unsaturated/α-hetero) is 1. The van der Waals surface area contributed by atoms with E-state index in [0.29, 0.717) is 37.1 Å². The predicted molar refractivity (Wildman–Crippen MR) is 109 cm³/mol. The van der Waals surface area contributed by atoms with Crippen LogP contribution < -0.4 is 10.1 Å². The summed E-state index contributed by atoms with van der Waals surface area (Å²) in [6.45, 7) is 1.95. The SMILES string of the molecule is C[C@H](C(=O)N[C@@H]1CCS(=O)(=O)C1)N1CC[C@]2(CCC1=O)CC(=O)c1ccccc1O2. The molecule has 4 rings (SSSR count). The highest BCUT2D eigenvalue weighted by atomic mass is 32.2. The molecule has 162 valence electrons. The number of para-hydroxylation sites is 1. The minimum absolute atomic E-state index is 0.00554. The Hall–Kier alpha value is -2.42. The third kappa shape index (κ3) is 4.08. The zero-order valence-electron chi connectivity index (χ0n) is 16.9. The molecule has 2 fully saturated rings. The lowest BCUT2D eigenvalue weighted by Gasteiger charge is -2.37. The summed E-state index contributed by atoms with van der Waals surface area (Å²) in [5, 5.41) is 2.77. The molecule has 3 atom stereocenters. The maximum Gasteiger partial charge on any atom is 0.242 e. The van der Waals surface area contributed by atoms with Crippen molar-refractivity contribution in [3.63, 3.8) is 0 Å². The van der Waals surface area contributed by atoms with Crippen molar-refractivity contribution in [3.05, 3.63) is 29.8 Å². The van der Waals surface area contributed by atoms with Crippen LogP contribution in [0.5, 0.6) is 5.75 Å². The number of hydrogen-bond donors (Lipinski definition) is 1. The molecular weight excluding hydrogens is 408 g/mol. The van der Waals surface area contributed by atoms with Crippen molar-refractivity contribution in [2.75, 3.05) is 18.1 Å². The number of benzene rings is 1. The minimum atomic E-state index is -3.10. The van der Waals surface area contributed by atoms with Gasteiger partial charge >= 0.3 is 0 Å². The number of sulfone groups is 1. The molecule has 2 amide bonds. The number of nitrogens with zero attached hydrogens (tertiary/aromatic N) is 1. The van der Waals surface area contributed by atoms with Crippen LogP contribution in [0, 0.1) is 0 Å². The Morgan fingerprint density at radius 3 is 2.77 bits per heavy atom. The molecule has 3 aliphatic heterocycles. The van der Waals surface area contributed by atoms with E-state index in [0.717, 1.165) is 0 Å². The average molecular weight is 435 g/mol. The van der Waals surface area contributed by atoms with Gasteiger partial charge in [0.2, 0.25) is 11.8 Å². The Balaban J connectivity index is 1.44. The molecule has 2 saturated heterocycles. The number of likely N-dealkylation sites (tertiary alicyclic amines) is 1. The maximum absolute atomic E-state index is 12.8. The number of ketones is 1. The topological polar surface area (TPSA) is 110 Å². The summed E-state index contributed by atoms with van der Waals surface area (Å²) in [4.78, 5) is 39.6. The van der Waals surface area contributed by atoms with E-state index in [1.807, 2.05) is 6.07 Å².